The summed E-state index contributed by atoms with van der Waals surface area (Å²) in [6.07, 6.45) is 2.17. The Hall–Kier alpha value is -4.39. The quantitative estimate of drug-likeness (QED) is 0.244. The fourth-order valence-electron chi connectivity index (χ4n) is 6.20. The molecule has 2 amide bonds. The van der Waals surface area contributed by atoms with Crippen molar-refractivity contribution in [2.45, 2.75) is 76.7 Å². The Morgan fingerprint density at radius 3 is 2.40 bits per heavy atom. The van der Waals surface area contributed by atoms with Gasteiger partial charge in [-0.25, -0.2) is 13.2 Å². The average molecular weight is 667 g/mol. The van der Waals surface area contributed by atoms with Crippen LogP contribution in [0, 0.1) is 6.92 Å². The maximum atomic E-state index is 13.0. The number of rotatable bonds is 12. The molecular weight excluding hydrogens is 624 g/mol. The number of aryl methyl sites for hydroxylation is 2. The van der Waals surface area contributed by atoms with Crippen LogP contribution in [0.25, 0.3) is 0 Å². The highest BCUT2D eigenvalue weighted by molar-refractivity contribution is 7.90. The number of aromatic nitrogens is 1. The van der Waals surface area contributed by atoms with Crippen LogP contribution in [0.2, 0.25) is 0 Å². The van der Waals surface area contributed by atoms with Crippen LogP contribution in [0.4, 0.5) is 16.2 Å². The van der Waals surface area contributed by atoms with Crippen LogP contribution in [0.15, 0.2) is 53.1 Å². The second-order valence-corrected chi connectivity index (χ2v) is 14.0. The number of sulfonamides is 1. The smallest absolute Gasteiger partial charge is 0.412 e. The van der Waals surface area contributed by atoms with Gasteiger partial charge in [-0.1, -0.05) is 48.5 Å². The van der Waals surface area contributed by atoms with Crippen molar-refractivity contribution < 1.29 is 36.8 Å². The Labute approximate surface area is 275 Å². The van der Waals surface area contributed by atoms with Gasteiger partial charge in [-0.3, -0.25) is 19.6 Å². The molecule has 2 fully saturated rings. The molecule has 1 aliphatic carbocycles. The summed E-state index contributed by atoms with van der Waals surface area (Å²) in [6.45, 7) is 7.20. The molecule has 252 valence electrons. The Kier molecular flexibility index (Phi) is 10.2. The minimum absolute atomic E-state index is 0.0554. The minimum Gasteiger partial charge on any atom is -0.469 e. The Morgan fingerprint density at radius 2 is 1.77 bits per heavy atom. The SMILES string of the molecule is CCc1ccccc1[C@@H](C)OC(=O)Nc1c(C)noc1C1CCN(c2ccc(C3(C(=O)NS(=O)(=O)CCC(=O)OC)CC3)cc2)CC1. The number of carbonyl (C=O) groups excluding carboxylic acids is 3. The van der Waals surface area contributed by atoms with Gasteiger partial charge in [0.1, 0.15) is 17.5 Å². The zero-order valence-electron chi connectivity index (χ0n) is 27.2. The van der Waals surface area contributed by atoms with Gasteiger partial charge in [0.2, 0.25) is 15.9 Å². The molecular formula is C34H42N4O8S. The van der Waals surface area contributed by atoms with Crippen molar-refractivity contribution in [2.75, 3.05) is 36.2 Å². The number of esters is 1. The summed E-state index contributed by atoms with van der Waals surface area (Å²) in [7, 11) is -2.79. The van der Waals surface area contributed by atoms with Crippen molar-refractivity contribution in [2.24, 2.45) is 0 Å². The highest BCUT2D eigenvalue weighted by Crippen LogP contribution is 2.49. The molecule has 5 rings (SSSR count). The monoisotopic (exact) mass is 666 g/mol. The Bertz CT molecular complexity index is 1710. The normalized spacial score (nSPS) is 16.6. The molecule has 1 aromatic heterocycles. The largest absolute Gasteiger partial charge is 0.469 e. The summed E-state index contributed by atoms with van der Waals surface area (Å²) in [4.78, 5) is 39.5. The van der Waals surface area contributed by atoms with Crippen molar-refractivity contribution in [3.8, 4) is 0 Å². The van der Waals surface area contributed by atoms with E-state index in [9.17, 15) is 22.8 Å². The lowest BCUT2D eigenvalue weighted by Crippen LogP contribution is -2.40. The van der Waals surface area contributed by atoms with Crippen molar-refractivity contribution >= 4 is 39.4 Å². The number of nitrogens with zero attached hydrogens (tertiary/aromatic N) is 2. The van der Waals surface area contributed by atoms with Crippen LogP contribution in [0.5, 0.6) is 0 Å². The molecule has 2 N–H and O–H groups in total. The predicted octanol–water partition coefficient (Wildman–Crippen LogP) is 5.28. The predicted molar refractivity (Wildman–Crippen MR) is 176 cm³/mol. The number of benzene rings is 2. The zero-order chi connectivity index (χ0) is 33.8. The minimum atomic E-state index is -3.97. The van der Waals surface area contributed by atoms with E-state index in [-0.39, 0.29) is 12.3 Å². The first-order chi connectivity index (χ1) is 22.5. The molecule has 13 heteroatoms. The molecule has 1 saturated carbocycles. The van der Waals surface area contributed by atoms with Gasteiger partial charge in [0, 0.05) is 24.7 Å². The third kappa shape index (κ3) is 7.78. The summed E-state index contributed by atoms with van der Waals surface area (Å²) in [6, 6.07) is 15.6. The van der Waals surface area contributed by atoms with Crippen molar-refractivity contribution in [3.05, 3.63) is 76.7 Å². The van der Waals surface area contributed by atoms with E-state index in [1.165, 1.54) is 7.11 Å². The van der Waals surface area contributed by atoms with Crippen LogP contribution in [-0.2, 0) is 40.9 Å². The number of amides is 2. The lowest BCUT2D eigenvalue weighted by molar-refractivity contribution is -0.140. The number of piperidine rings is 1. The summed E-state index contributed by atoms with van der Waals surface area (Å²) >= 11 is 0. The molecule has 12 nitrogen and oxygen atoms in total. The van der Waals surface area contributed by atoms with E-state index in [1.807, 2.05) is 55.5 Å². The molecule has 0 spiro atoms. The van der Waals surface area contributed by atoms with Crippen molar-refractivity contribution in [3.63, 3.8) is 0 Å². The van der Waals surface area contributed by atoms with Gasteiger partial charge >= 0.3 is 12.1 Å². The second-order valence-electron chi connectivity index (χ2n) is 12.2. The topological polar surface area (TPSA) is 157 Å². The van der Waals surface area contributed by atoms with Gasteiger partial charge < -0.3 is 18.9 Å². The van der Waals surface area contributed by atoms with Gasteiger partial charge in [0.25, 0.3) is 0 Å². The van der Waals surface area contributed by atoms with Crippen molar-refractivity contribution in [1.82, 2.24) is 9.88 Å². The molecule has 2 aliphatic rings. The van der Waals surface area contributed by atoms with E-state index in [4.69, 9.17) is 9.26 Å². The number of anilines is 2. The molecule has 1 saturated heterocycles. The number of hydrogen-bond acceptors (Lipinski definition) is 10. The molecule has 2 heterocycles. The number of methoxy groups -OCH3 is 1. The Morgan fingerprint density at radius 1 is 1.09 bits per heavy atom. The van der Waals surface area contributed by atoms with Crippen LogP contribution in [0.1, 0.15) is 86.1 Å². The second kappa shape index (κ2) is 14.2. The number of ether oxygens (including phenoxy) is 2. The highest BCUT2D eigenvalue weighted by atomic mass is 32.2. The summed E-state index contributed by atoms with van der Waals surface area (Å²) < 4.78 is 42.8. The van der Waals surface area contributed by atoms with E-state index in [2.05, 4.69) is 31.8 Å². The average Bonchev–Trinajstić information content (AvgIpc) is 3.82. The fourth-order valence-corrected chi connectivity index (χ4v) is 7.21. The molecule has 1 aliphatic heterocycles. The van der Waals surface area contributed by atoms with Crippen LogP contribution >= 0.6 is 0 Å². The molecule has 0 bridgehead atoms. The maximum Gasteiger partial charge on any atom is 0.412 e. The van der Waals surface area contributed by atoms with E-state index in [1.54, 1.807) is 6.92 Å². The first-order valence-corrected chi connectivity index (χ1v) is 17.6. The molecule has 0 radical (unpaired) electrons. The molecule has 0 unspecified atom stereocenters. The third-order valence-corrected chi connectivity index (χ3v) is 10.4. The molecule has 47 heavy (non-hydrogen) atoms. The number of nitrogens with one attached hydrogen (secondary N) is 2. The maximum absolute atomic E-state index is 13.0. The van der Waals surface area contributed by atoms with E-state index >= 15 is 0 Å². The molecule has 3 aromatic rings. The van der Waals surface area contributed by atoms with E-state index in [0.29, 0.717) is 30.0 Å². The lowest BCUT2D eigenvalue weighted by Gasteiger charge is -2.33. The fraction of sp³-hybridized carbons (Fsp3) is 0.471. The third-order valence-electron chi connectivity index (χ3n) is 9.16. The van der Waals surface area contributed by atoms with E-state index < -0.39 is 45.3 Å². The first-order valence-electron chi connectivity index (χ1n) is 15.9. The van der Waals surface area contributed by atoms with Crippen molar-refractivity contribution in [1.29, 1.82) is 0 Å². The van der Waals surface area contributed by atoms with Crippen LogP contribution in [-0.4, -0.2) is 57.5 Å². The van der Waals surface area contributed by atoms with Gasteiger partial charge in [-0.05, 0) is 74.8 Å². The van der Waals surface area contributed by atoms with Gasteiger partial charge in [-0.15, -0.1) is 0 Å². The van der Waals surface area contributed by atoms with Crippen LogP contribution < -0.4 is 14.9 Å². The summed E-state index contributed by atoms with van der Waals surface area (Å²) in [5.74, 6) is -1.05. The summed E-state index contributed by atoms with van der Waals surface area (Å²) in [5.41, 5.74) is 4.10. The Balaban J connectivity index is 1.16. The van der Waals surface area contributed by atoms with Gasteiger partial charge in [0.05, 0.1) is 24.7 Å². The zero-order valence-corrected chi connectivity index (χ0v) is 28.0. The molecule has 1 atom stereocenters. The number of carbonyl (C=O) groups is 3. The standard InChI is InChI=1S/C34H42N4O8S/c1-5-24-8-6-7-9-28(24)23(3)45-33(41)35-30-22(2)36-46-31(30)25-14-19-38(20-15-25)27-12-10-26(11-13-27)34(17-18-34)32(40)37-47(42,43)21-16-29(39)44-4/h6-13,23,25H,5,14-21H2,1-4H3,(H,35,41)(H,37,40)/t23-/m1/s1. The van der Waals surface area contributed by atoms with Gasteiger partial charge in [0.15, 0.2) is 5.76 Å². The number of hydrogen-bond donors (Lipinski definition) is 2. The van der Waals surface area contributed by atoms with Gasteiger partial charge in [-0.2, -0.15) is 0 Å². The molecule has 2 aromatic carbocycles. The summed E-state index contributed by atoms with van der Waals surface area (Å²) in [5, 5.41) is 7.01. The first kappa shape index (κ1) is 34.0. The van der Waals surface area contributed by atoms with Crippen LogP contribution in [0.3, 0.4) is 0 Å². The van der Waals surface area contributed by atoms with E-state index in [0.717, 1.165) is 54.7 Å². The highest BCUT2D eigenvalue weighted by Gasteiger charge is 2.52. The lowest BCUT2D eigenvalue weighted by atomic mass is 9.92.